The number of alkyl halides is 2. The van der Waals surface area contributed by atoms with Crippen LogP contribution in [0.4, 0.5) is 8.78 Å². The van der Waals surface area contributed by atoms with Crippen LogP contribution in [0.3, 0.4) is 0 Å². The van der Waals surface area contributed by atoms with Gasteiger partial charge in [0.2, 0.25) is 0 Å². The summed E-state index contributed by atoms with van der Waals surface area (Å²) in [6.07, 6.45) is 6.17. The average Bonchev–Trinajstić information content (AvgIpc) is 3.45. The lowest BCUT2D eigenvalue weighted by Gasteiger charge is -2.31. The third-order valence-corrected chi connectivity index (χ3v) is 7.95. The van der Waals surface area contributed by atoms with Crippen LogP contribution in [0, 0.1) is 5.92 Å². The highest BCUT2D eigenvalue weighted by Crippen LogP contribution is 2.32. The van der Waals surface area contributed by atoms with E-state index < -0.39 is 12.5 Å². The lowest BCUT2D eigenvalue weighted by molar-refractivity contribution is -0.0230. The second kappa shape index (κ2) is 10.2. The minimum Gasteiger partial charge on any atom is -0.464 e. The number of aromatic amines is 1. The molecule has 5 rings (SSSR count). The van der Waals surface area contributed by atoms with Crippen LogP contribution in [-0.2, 0) is 13.0 Å². The molecule has 0 radical (unpaired) electrons. The largest absolute Gasteiger partial charge is 0.464 e. The number of nitrogens with one attached hydrogen (secondary N) is 2. The van der Waals surface area contributed by atoms with E-state index in [0.717, 1.165) is 86.7 Å². The van der Waals surface area contributed by atoms with Crippen molar-refractivity contribution in [3.63, 3.8) is 0 Å². The highest BCUT2D eigenvalue weighted by atomic mass is 32.1. The molecular weight excluding hydrogens is 472 g/mol. The fourth-order valence-corrected chi connectivity index (χ4v) is 5.85. The van der Waals surface area contributed by atoms with Crippen molar-refractivity contribution in [1.29, 1.82) is 0 Å². The normalized spacial score (nSPS) is 21.1. The number of nitrogens with zero attached hydrogens (tertiary/aromatic N) is 3. The highest BCUT2D eigenvalue weighted by molar-refractivity contribution is 7.13. The number of hydrogen-bond acceptors (Lipinski definition) is 6. The van der Waals surface area contributed by atoms with E-state index in [1.54, 1.807) is 0 Å². The molecule has 35 heavy (non-hydrogen) atoms. The maximum Gasteiger partial charge on any atom is 0.287 e. The number of amides is 1. The molecule has 3 aromatic rings. The summed E-state index contributed by atoms with van der Waals surface area (Å²) < 4.78 is 31.3. The van der Waals surface area contributed by atoms with Crippen LogP contribution in [0.25, 0.3) is 11.0 Å². The van der Waals surface area contributed by atoms with Gasteiger partial charge < -0.3 is 15.0 Å². The Labute approximate surface area is 207 Å². The molecule has 1 fully saturated rings. The Morgan fingerprint density at radius 1 is 1.26 bits per heavy atom. The Morgan fingerprint density at radius 2 is 2.06 bits per heavy atom. The third-order valence-electron chi connectivity index (χ3n) is 6.88. The van der Waals surface area contributed by atoms with Gasteiger partial charge in [0.15, 0.2) is 12.4 Å². The maximum atomic E-state index is 13.1. The first kappa shape index (κ1) is 24.1. The summed E-state index contributed by atoms with van der Waals surface area (Å²) in [6.45, 7) is 2.93. The van der Waals surface area contributed by atoms with Crippen LogP contribution >= 0.6 is 11.3 Å². The van der Waals surface area contributed by atoms with Gasteiger partial charge in [-0.25, -0.2) is 18.7 Å². The zero-order valence-electron chi connectivity index (χ0n) is 19.9. The van der Waals surface area contributed by atoms with Gasteiger partial charge >= 0.3 is 0 Å². The number of thiazole rings is 1. The van der Waals surface area contributed by atoms with Crippen LogP contribution in [0.2, 0.25) is 0 Å². The summed E-state index contributed by atoms with van der Waals surface area (Å²) >= 11 is 1.39. The molecule has 1 aliphatic heterocycles. The van der Waals surface area contributed by atoms with E-state index in [0.29, 0.717) is 16.9 Å². The van der Waals surface area contributed by atoms with Crippen molar-refractivity contribution in [3.05, 3.63) is 40.7 Å². The number of benzene rings is 1. The predicted molar refractivity (Wildman–Crippen MR) is 131 cm³/mol. The number of carbonyl (C=O) groups is 1. The van der Waals surface area contributed by atoms with E-state index in [4.69, 9.17) is 4.74 Å². The predicted octanol–water partition coefficient (Wildman–Crippen LogP) is 4.79. The zero-order valence-corrected chi connectivity index (χ0v) is 20.7. The standard InChI is InChI=1S/C25H31F2N5O2S/c1-25(26,27)15-34-24-31-20-14-32(13-11-21(20)35-24)12-10-16-6-8-17(9-7-16)28-23(33)22-29-18-4-2-3-5-19(18)30-22/h2-5,16-17H,6-15H2,1H3,(H,28,33)(H,29,30). The second-order valence-electron chi connectivity index (χ2n) is 9.82. The average molecular weight is 504 g/mol. The van der Waals surface area contributed by atoms with Gasteiger partial charge in [-0.15, -0.1) is 0 Å². The first-order valence-electron chi connectivity index (χ1n) is 12.3. The number of aromatic nitrogens is 3. The number of fused-ring (bicyclic) bond motifs is 2. The van der Waals surface area contributed by atoms with E-state index >= 15 is 0 Å². The minimum atomic E-state index is -2.85. The monoisotopic (exact) mass is 503 g/mol. The molecule has 0 bridgehead atoms. The number of hydrogen-bond donors (Lipinski definition) is 2. The molecule has 2 aliphatic rings. The molecule has 1 amide bonds. The third kappa shape index (κ3) is 6.16. The molecule has 1 aromatic carbocycles. The number of carbonyl (C=O) groups excluding carboxylic acids is 1. The Balaban J connectivity index is 1.04. The van der Waals surface area contributed by atoms with Crippen LogP contribution in [0.1, 0.15) is 60.2 Å². The fraction of sp³-hybridized carbons (Fsp3) is 0.560. The molecule has 2 N–H and O–H groups in total. The van der Waals surface area contributed by atoms with Crippen LogP contribution in [0.15, 0.2) is 24.3 Å². The number of imidazole rings is 1. The van der Waals surface area contributed by atoms with Crippen molar-refractivity contribution in [2.24, 2.45) is 5.92 Å². The van der Waals surface area contributed by atoms with Crippen LogP contribution in [-0.4, -0.2) is 57.4 Å². The van der Waals surface area contributed by atoms with Gasteiger partial charge in [0, 0.05) is 30.9 Å². The van der Waals surface area contributed by atoms with Gasteiger partial charge in [0.05, 0.1) is 16.7 Å². The molecule has 2 aromatic heterocycles. The maximum absolute atomic E-state index is 13.1. The summed E-state index contributed by atoms with van der Waals surface area (Å²) in [5.41, 5.74) is 2.64. The van der Waals surface area contributed by atoms with Crippen molar-refractivity contribution in [3.8, 4) is 5.19 Å². The number of halogens is 2. The van der Waals surface area contributed by atoms with E-state index in [1.807, 2.05) is 24.3 Å². The minimum absolute atomic E-state index is 0.136. The molecule has 188 valence electrons. The Hall–Kier alpha value is -2.59. The number of para-hydroxylation sites is 2. The van der Waals surface area contributed by atoms with Crippen molar-refractivity contribution < 1.29 is 18.3 Å². The van der Waals surface area contributed by atoms with Gasteiger partial charge in [0.25, 0.3) is 17.0 Å². The molecule has 1 aliphatic carbocycles. The number of H-pyrrole nitrogens is 1. The van der Waals surface area contributed by atoms with Crippen molar-refractivity contribution in [1.82, 2.24) is 25.2 Å². The molecule has 0 unspecified atom stereocenters. The topological polar surface area (TPSA) is 83.1 Å². The summed E-state index contributed by atoms with van der Waals surface area (Å²) in [5, 5.41) is 3.49. The Morgan fingerprint density at radius 3 is 2.83 bits per heavy atom. The Kier molecular flexibility index (Phi) is 7.02. The molecule has 10 heteroatoms. The van der Waals surface area contributed by atoms with Crippen LogP contribution in [0.5, 0.6) is 5.19 Å². The second-order valence-corrected chi connectivity index (χ2v) is 10.9. The molecule has 1 saturated carbocycles. The smallest absolute Gasteiger partial charge is 0.287 e. The van der Waals surface area contributed by atoms with E-state index in [1.165, 1.54) is 11.3 Å². The molecule has 0 atom stereocenters. The lowest BCUT2D eigenvalue weighted by atomic mass is 9.84. The van der Waals surface area contributed by atoms with E-state index in [-0.39, 0.29) is 11.9 Å². The number of rotatable bonds is 8. The highest BCUT2D eigenvalue weighted by Gasteiger charge is 2.27. The summed E-state index contributed by atoms with van der Waals surface area (Å²) in [5.74, 6) is -1.97. The SMILES string of the molecule is CC(F)(F)COc1nc2c(s1)CCN(CCC1CCC(NC(=O)c3nc4ccccc4[nH]3)CC1)C2. The zero-order chi connectivity index (χ0) is 24.4. The molecule has 0 spiro atoms. The van der Waals surface area contributed by atoms with Crippen molar-refractivity contribution >= 4 is 28.3 Å². The van der Waals surface area contributed by atoms with Gasteiger partial charge in [-0.2, -0.15) is 0 Å². The molecule has 3 heterocycles. The fourth-order valence-electron chi connectivity index (χ4n) is 4.94. The van der Waals surface area contributed by atoms with Crippen molar-refractivity contribution in [2.45, 2.75) is 64.0 Å². The molecule has 0 saturated heterocycles. The van der Waals surface area contributed by atoms with E-state index in [9.17, 15) is 13.6 Å². The molecule has 7 nitrogen and oxygen atoms in total. The van der Waals surface area contributed by atoms with Gasteiger partial charge in [-0.3, -0.25) is 9.69 Å². The summed E-state index contributed by atoms with van der Waals surface area (Å²) in [4.78, 5) is 28.1. The lowest BCUT2D eigenvalue weighted by Crippen LogP contribution is -2.38. The van der Waals surface area contributed by atoms with Crippen molar-refractivity contribution in [2.75, 3.05) is 19.7 Å². The van der Waals surface area contributed by atoms with Crippen LogP contribution < -0.4 is 10.1 Å². The first-order valence-corrected chi connectivity index (χ1v) is 13.1. The van der Waals surface area contributed by atoms with Gasteiger partial charge in [0.1, 0.15) is 0 Å². The van der Waals surface area contributed by atoms with E-state index in [2.05, 4.69) is 25.2 Å². The summed E-state index contributed by atoms with van der Waals surface area (Å²) in [7, 11) is 0. The number of ether oxygens (including phenoxy) is 1. The molecular formula is C25H31F2N5O2S. The Bertz CT molecular complexity index is 1130. The quantitative estimate of drug-likeness (QED) is 0.462. The van der Waals surface area contributed by atoms with Gasteiger partial charge in [-0.05, 0) is 63.1 Å². The summed E-state index contributed by atoms with van der Waals surface area (Å²) in [6, 6.07) is 7.84. The van der Waals surface area contributed by atoms with Gasteiger partial charge in [-0.1, -0.05) is 23.5 Å². The first-order chi connectivity index (χ1) is 16.8.